The summed E-state index contributed by atoms with van der Waals surface area (Å²) in [7, 11) is 1.44. The maximum atomic E-state index is 13.5. The SMILES string of the molecule is COc1ccc(NCc2ccc(C)c(Cl)c2)cc1F. The van der Waals surface area contributed by atoms with Crippen molar-refractivity contribution in [1.82, 2.24) is 0 Å². The highest BCUT2D eigenvalue weighted by Gasteiger charge is 2.03. The van der Waals surface area contributed by atoms with E-state index >= 15 is 0 Å². The summed E-state index contributed by atoms with van der Waals surface area (Å²) in [4.78, 5) is 0. The molecule has 0 saturated carbocycles. The van der Waals surface area contributed by atoms with Crippen LogP contribution in [0.25, 0.3) is 0 Å². The van der Waals surface area contributed by atoms with Crippen LogP contribution in [0.4, 0.5) is 10.1 Å². The van der Waals surface area contributed by atoms with Gasteiger partial charge in [-0.1, -0.05) is 23.7 Å². The van der Waals surface area contributed by atoms with Gasteiger partial charge in [-0.2, -0.15) is 0 Å². The Morgan fingerprint density at radius 2 is 2.00 bits per heavy atom. The van der Waals surface area contributed by atoms with Gasteiger partial charge in [-0.05, 0) is 36.2 Å². The summed E-state index contributed by atoms with van der Waals surface area (Å²) < 4.78 is 18.4. The van der Waals surface area contributed by atoms with Gasteiger partial charge in [0.05, 0.1) is 7.11 Å². The van der Waals surface area contributed by atoms with Gasteiger partial charge in [0.25, 0.3) is 0 Å². The van der Waals surface area contributed by atoms with E-state index in [9.17, 15) is 4.39 Å². The molecule has 1 N–H and O–H groups in total. The molecule has 0 aromatic heterocycles. The lowest BCUT2D eigenvalue weighted by Gasteiger charge is -2.09. The number of benzene rings is 2. The van der Waals surface area contributed by atoms with Crippen LogP contribution < -0.4 is 10.1 Å². The van der Waals surface area contributed by atoms with Crippen LogP contribution in [0.3, 0.4) is 0 Å². The lowest BCUT2D eigenvalue weighted by molar-refractivity contribution is 0.386. The molecule has 100 valence electrons. The van der Waals surface area contributed by atoms with E-state index in [-0.39, 0.29) is 11.6 Å². The predicted octanol–water partition coefficient (Wildman–Crippen LogP) is 4.41. The van der Waals surface area contributed by atoms with E-state index in [4.69, 9.17) is 16.3 Å². The Labute approximate surface area is 117 Å². The van der Waals surface area contributed by atoms with Crippen LogP contribution in [0, 0.1) is 12.7 Å². The summed E-state index contributed by atoms with van der Waals surface area (Å²) in [6, 6.07) is 10.7. The third-order valence-corrected chi connectivity index (χ3v) is 3.29. The summed E-state index contributed by atoms with van der Waals surface area (Å²) in [5, 5.41) is 3.88. The van der Waals surface area contributed by atoms with E-state index < -0.39 is 0 Å². The molecular weight excluding hydrogens is 265 g/mol. The summed E-state index contributed by atoms with van der Waals surface area (Å²) in [5.74, 6) is -0.140. The molecule has 0 radical (unpaired) electrons. The summed E-state index contributed by atoms with van der Waals surface area (Å²) in [5.41, 5.74) is 2.79. The average Bonchev–Trinajstić information content (AvgIpc) is 2.40. The van der Waals surface area contributed by atoms with E-state index in [0.29, 0.717) is 12.2 Å². The molecule has 0 unspecified atom stereocenters. The third-order valence-electron chi connectivity index (χ3n) is 2.88. The molecule has 0 aliphatic rings. The Hall–Kier alpha value is -1.74. The van der Waals surface area contributed by atoms with Crippen molar-refractivity contribution >= 4 is 17.3 Å². The molecule has 0 spiro atoms. The first-order valence-electron chi connectivity index (χ1n) is 5.92. The molecule has 0 atom stereocenters. The van der Waals surface area contributed by atoms with Crippen LogP contribution in [0.2, 0.25) is 5.02 Å². The minimum atomic E-state index is -0.380. The van der Waals surface area contributed by atoms with Gasteiger partial charge in [-0.3, -0.25) is 0 Å². The fraction of sp³-hybridized carbons (Fsp3) is 0.200. The molecule has 0 aliphatic carbocycles. The van der Waals surface area contributed by atoms with E-state index in [2.05, 4.69) is 5.32 Å². The van der Waals surface area contributed by atoms with E-state index in [1.165, 1.54) is 13.2 Å². The summed E-state index contributed by atoms with van der Waals surface area (Å²) >= 11 is 6.06. The standard InChI is InChI=1S/C15H15ClFNO/c1-10-3-4-11(7-13(10)16)9-18-12-5-6-15(19-2)14(17)8-12/h3-8,18H,9H2,1-2H3. The van der Waals surface area contributed by atoms with Gasteiger partial charge in [0.2, 0.25) is 0 Å². The van der Waals surface area contributed by atoms with Gasteiger partial charge in [0.15, 0.2) is 11.6 Å². The first-order chi connectivity index (χ1) is 9.10. The van der Waals surface area contributed by atoms with Crippen molar-refractivity contribution in [3.8, 4) is 5.75 Å². The molecule has 0 saturated heterocycles. The average molecular weight is 280 g/mol. The van der Waals surface area contributed by atoms with Crippen LogP contribution in [0.15, 0.2) is 36.4 Å². The van der Waals surface area contributed by atoms with Gasteiger partial charge in [-0.25, -0.2) is 4.39 Å². The Bertz CT molecular complexity index is 586. The molecule has 2 aromatic carbocycles. The summed E-state index contributed by atoms with van der Waals surface area (Å²) in [6.45, 7) is 2.55. The lowest BCUT2D eigenvalue weighted by atomic mass is 10.1. The minimum Gasteiger partial charge on any atom is -0.494 e. The maximum Gasteiger partial charge on any atom is 0.167 e. The van der Waals surface area contributed by atoms with Gasteiger partial charge < -0.3 is 10.1 Å². The Morgan fingerprint density at radius 1 is 1.21 bits per heavy atom. The fourth-order valence-electron chi connectivity index (χ4n) is 1.73. The van der Waals surface area contributed by atoms with Crippen molar-refractivity contribution in [2.75, 3.05) is 12.4 Å². The van der Waals surface area contributed by atoms with Crippen LogP contribution >= 0.6 is 11.6 Å². The van der Waals surface area contributed by atoms with Crippen LogP contribution in [0.5, 0.6) is 5.75 Å². The van der Waals surface area contributed by atoms with Gasteiger partial charge in [0, 0.05) is 23.3 Å². The molecule has 0 fully saturated rings. The number of halogens is 2. The number of rotatable bonds is 4. The van der Waals surface area contributed by atoms with Gasteiger partial charge >= 0.3 is 0 Å². The quantitative estimate of drug-likeness (QED) is 0.895. The van der Waals surface area contributed by atoms with Crippen molar-refractivity contribution in [2.24, 2.45) is 0 Å². The molecule has 0 heterocycles. The second-order valence-corrected chi connectivity index (χ2v) is 4.69. The number of nitrogens with one attached hydrogen (secondary N) is 1. The first-order valence-corrected chi connectivity index (χ1v) is 6.30. The molecule has 0 amide bonds. The zero-order valence-electron chi connectivity index (χ0n) is 10.8. The fourth-order valence-corrected chi connectivity index (χ4v) is 1.93. The number of ether oxygens (including phenoxy) is 1. The topological polar surface area (TPSA) is 21.3 Å². The Morgan fingerprint density at radius 3 is 2.63 bits per heavy atom. The third kappa shape index (κ3) is 3.38. The van der Waals surface area contributed by atoms with Crippen molar-refractivity contribution in [3.63, 3.8) is 0 Å². The molecule has 4 heteroatoms. The van der Waals surface area contributed by atoms with Crippen molar-refractivity contribution in [2.45, 2.75) is 13.5 Å². The Balaban J connectivity index is 2.05. The monoisotopic (exact) mass is 279 g/mol. The van der Waals surface area contributed by atoms with Gasteiger partial charge in [0.1, 0.15) is 0 Å². The molecule has 0 aliphatic heterocycles. The van der Waals surface area contributed by atoms with Crippen LogP contribution in [-0.2, 0) is 6.54 Å². The highest BCUT2D eigenvalue weighted by molar-refractivity contribution is 6.31. The van der Waals surface area contributed by atoms with E-state index in [1.807, 2.05) is 25.1 Å². The first kappa shape index (κ1) is 13.7. The number of methoxy groups -OCH3 is 1. The summed E-state index contributed by atoms with van der Waals surface area (Å²) in [6.07, 6.45) is 0. The van der Waals surface area contributed by atoms with Crippen LogP contribution in [0.1, 0.15) is 11.1 Å². The molecule has 2 nitrogen and oxygen atoms in total. The smallest absolute Gasteiger partial charge is 0.167 e. The molecule has 2 rings (SSSR count). The van der Waals surface area contributed by atoms with Crippen molar-refractivity contribution in [3.05, 3.63) is 58.4 Å². The molecule has 19 heavy (non-hydrogen) atoms. The van der Waals surface area contributed by atoms with Crippen molar-refractivity contribution in [1.29, 1.82) is 0 Å². The van der Waals surface area contributed by atoms with Gasteiger partial charge in [-0.15, -0.1) is 0 Å². The zero-order valence-corrected chi connectivity index (χ0v) is 11.6. The molecule has 2 aromatic rings. The van der Waals surface area contributed by atoms with Crippen molar-refractivity contribution < 1.29 is 9.13 Å². The molecule has 0 bridgehead atoms. The Kier molecular flexibility index (Phi) is 4.27. The number of anilines is 1. The van der Waals surface area contributed by atoms with E-state index in [1.54, 1.807) is 12.1 Å². The zero-order chi connectivity index (χ0) is 13.8. The highest BCUT2D eigenvalue weighted by Crippen LogP contribution is 2.22. The van der Waals surface area contributed by atoms with E-state index in [0.717, 1.165) is 16.1 Å². The predicted molar refractivity (Wildman–Crippen MR) is 76.5 cm³/mol. The van der Waals surface area contributed by atoms with Crippen LogP contribution in [-0.4, -0.2) is 7.11 Å². The normalized spacial score (nSPS) is 10.3. The lowest BCUT2D eigenvalue weighted by Crippen LogP contribution is -2.00. The second kappa shape index (κ2) is 5.93. The molecular formula is C15H15ClFNO. The number of hydrogen-bond acceptors (Lipinski definition) is 2. The second-order valence-electron chi connectivity index (χ2n) is 4.29. The minimum absolute atomic E-state index is 0.240. The largest absolute Gasteiger partial charge is 0.494 e. The number of aryl methyl sites for hydroxylation is 1. The number of hydrogen-bond donors (Lipinski definition) is 1. The highest BCUT2D eigenvalue weighted by atomic mass is 35.5. The maximum absolute atomic E-state index is 13.5.